The van der Waals surface area contributed by atoms with Crippen molar-refractivity contribution in [1.82, 2.24) is 15.1 Å². The number of carboxylic acids is 1. The van der Waals surface area contributed by atoms with E-state index in [9.17, 15) is 24.0 Å². The minimum atomic E-state index is -1.63. The lowest BCUT2D eigenvalue weighted by Crippen LogP contribution is -2.63. The molecule has 2 heterocycles. The Morgan fingerprint density at radius 2 is 1.65 bits per heavy atom. The van der Waals surface area contributed by atoms with Crippen LogP contribution >= 0.6 is 0 Å². The zero-order chi connectivity index (χ0) is 24.5. The number of likely N-dealkylation sites (N-methyl/N-ethyl adjacent to an activating group) is 1. The summed E-state index contributed by atoms with van der Waals surface area (Å²) in [7, 11) is 1.62. The first kappa shape index (κ1) is 23.2. The second-order valence-electron chi connectivity index (χ2n) is 8.83. The molecule has 2 aromatic carbocycles. The molecule has 34 heavy (non-hydrogen) atoms. The van der Waals surface area contributed by atoms with Crippen LogP contribution in [0.1, 0.15) is 18.4 Å². The molecule has 0 bridgehead atoms. The summed E-state index contributed by atoms with van der Waals surface area (Å²) in [6.07, 6.45) is -0.158. The number of nitrogens with one attached hydrogen (secondary N) is 1. The molecule has 176 valence electrons. The number of rotatable bonds is 6. The zero-order valence-electron chi connectivity index (χ0n) is 18.7. The maximum Gasteiger partial charge on any atom is 0.322 e. The molecule has 3 amide bonds. The van der Waals surface area contributed by atoms with Crippen LogP contribution in [0.5, 0.6) is 0 Å². The largest absolute Gasteiger partial charge is 0.480 e. The van der Waals surface area contributed by atoms with Crippen LogP contribution in [0, 0.1) is 5.92 Å². The number of nitrogens with zero attached hydrogens (tertiary/aromatic N) is 2. The Bertz CT molecular complexity index is 1150. The van der Waals surface area contributed by atoms with Crippen molar-refractivity contribution in [2.24, 2.45) is 5.92 Å². The first-order valence-electron chi connectivity index (χ1n) is 10.9. The molecule has 2 saturated heterocycles. The third-order valence-corrected chi connectivity index (χ3v) is 6.43. The summed E-state index contributed by atoms with van der Waals surface area (Å²) in [5.41, 5.74) is 1.79. The van der Waals surface area contributed by atoms with Gasteiger partial charge in [-0.05, 0) is 16.7 Å². The van der Waals surface area contributed by atoms with Gasteiger partial charge in [0.25, 0.3) is 0 Å². The number of ketones is 1. The minimum Gasteiger partial charge on any atom is -0.480 e. The Balaban J connectivity index is 1.62. The molecule has 0 radical (unpaired) electrons. The van der Waals surface area contributed by atoms with Crippen LogP contribution in [0.3, 0.4) is 0 Å². The van der Waals surface area contributed by atoms with Gasteiger partial charge in [0.15, 0.2) is 11.7 Å². The molecule has 2 aliphatic rings. The van der Waals surface area contributed by atoms with Crippen LogP contribution in [-0.4, -0.2) is 70.1 Å². The lowest BCUT2D eigenvalue weighted by Gasteiger charge is -2.45. The van der Waals surface area contributed by atoms with Gasteiger partial charge in [-0.15, -0.1) is 0 Å². The highest BCUT2D eigenvalue weighted by atomic mass is 16.4. The van der Waals surface area contributed by atoms with Crippen LogP contribution in [0.4, 0.5) is 0 Å². The van der Waals surface area contributed by atoms with Crippen molar-refractivity contribution in [2.45, 2.75) is 24.9 Å². The Morgan fingerprint density at radius 3 is 2.24 bits per heavy atom. The van der Waals surface area contributed by atoms with Crippen LogP contribution in [-0.2, 0) is 30.5 Å². The van der Waals surface area contributed by atoms with Gasteiger partial charge in [-0.25, -0.2) is 0 Å². The Kier molecular flexibility index (Phi) is 6.19. The fraction of sp³-hybridized carbons (Fsp3) is 0.320. The molecule has 2 fully saturated rings. The van der Waals surface area contributed by atoms with Gasteiger partial charge in [0.2, 0.25) is 17.7 Å². The van der Waals surface area contributed by atoms with E-state index >= 15 is 0 Å². The van der Waals surface area contributed by atoms with Crippen molar-refractivity contribution in [3.63, 3.8) is 0 Å². The maximum absolute atomic E-state index is 13.5. The lowest BCUT2D eigenvalue weighted by atomic mass is 9.79. The van der Waals surface area contributed by atoms with Gasteiger partial charge in [0.05, 0.1) is 12.0 Å². The SMILES string of the molecule is CN1CC2(CC(=O)C(C(=O)NCC(=O)O)C(=O)N2Cc2ccc(-c3ccccc3)cc2)CC1=O. The molecular weight excluding hydrogens is 438 g/mol. The van der Waals surface area contributed by atoms with E-state index in [0.717, 1.165) is 16.7 Å². The third-order valence-electron chi connectivity index (χ3n) is 6.43. The molecule has 9 nitrogen and oxygen atoms in total. The van der Waals surface area contributed by atoms with Crippen LogP contribution < -0.4 is 5.32 Å². The molecule has 0 saturated carbocycles. The fourth-order valence-corrected chi connectivity index (χ4v) is 4.73. The summed E-state index contributed by atoms with van der Waals surface area (Å²) in [6.45, 7) is -0.386. The van der Waals surface area contributed by atoms with Crippen molar-refractivity contribution in [3.8, 4) is 11.1 Å². The van der Waals surface area contributed by atoms with Gasteiger partial charge in [0, 0.05) is 26.6 Å². The number of likely N-dealkylation sites (tertiary alicyclic amines) is 2. The first-order chi connectivity index (χ1) is 16.2. The standard InChI is InChI=1S/C25H25N3O6/c1-27-15-25(12-20(27)30)11-19(29)22(23(33)26-13-21(31)32)24(34)28(25)14-16-7-9-18(10-8-16)17-5-3-2-4-6-17/h2-10,22H,11-15H2,1H3,(H,26,33)(H,31,32). The molecule has 2 aromatic rings. The number of piperidine rings is 1. The lowest BCUT2D eigenvalue weighted by molar-refractivity contribution is -0.159. The van der Waals surface area contributed by atoms with E-state index in [4.69, 9.17) is 5.11 Å². The molecular formula is C25H25N3O6. The Morgan fingerprint density at radius 1 is 1.00 bits per heavy atom. The van der Waals surface area contributed by atoms with Gasteiger partial charge in [-0.2, -0.15) is 0 Å². The quantitative estimate of drug-likeness (QED) is 0.618. The molecule has 0 aliphatic carbocycles. The van der Waals surface area contributed by atoms with E-state index in [1.54, 1.807) is 7.05 Å². The predicted molar refractivity (Wildman–Crippen MR) is 121 cm³/mol. The van der Waals surface area contributed by atoms with Crippen molar-refractivity contribution < 1.29 is 29.1 Å². The van der Waals surface area contributed by atoms with Gasteiger partial charge >= 0.3 is 5.97 Å². The molecule has 2 N–H and O–H groups in total. The number of hydrogen-bond acceptors (Lipinski definition) is 5. The van der Waals surface area contributed by atoms with Gasteiger partial charge in [-0.3, -0.25) is 24.0 Å². The van der Waals surface area contributed by atoms with E-state index in [2.05, 4.69) is 5.32 Å². The van der Waals surface area contributed by atoms with Gasteiger partial charge in [-0.1, -0.05) is 54.6 Å². The molecule has 1 spiro atoms. The third kappa shape index (κ3) is 4.41. The number of Topliss-reactive ketones (excluding diaryl/α,β-unsaturated/α-hetero) is 1. The summed E-state index contributed by atoms with van der Waals surface area (Å²) in [5.74, 6) is -5.34. The summed E-state index contributed by atoms with van der Waals surface area (Å²) < 4.78 is 0. The van der Waals surface area contributed by atoms with E-state index in [0.29, 0.717) is 0 Å². The van der Waals surface area contributed by atoms with Crippen molar-refractivity contribution in [1.29, 1.82) is 0 Å². The number of carbonyl (C=O) groups is 5. The fourth-order valence-electron chi connectivity index (χ4n) is 4.73. The van der Waals surface area contributed by atoms with Gasteiger partial charge in [0.1, 0.15) is 6.54 Å². The van der Waals surface area contributed by atoms with Crippen LogP contribution in [0.15, 0.2) is 54.6 Å². The highest BCUT2D eigenvalue weighted by molar-refractivity contribution is 6.20. The monoisotopic (exact) mass is 463 g/mol. The number of hydrogen-bond donors (Lipinski definition) is 2. The highest BCUT2D eigenvalue weighted by Crippen LogP contribution is 2.39. The minimum absolute atomic E-state index is 0.00740. The average molecular weight is 463 g/mol. The molecule has 0 aromatic heterocycles. The van der Waals surface area contributed by atoms with E-state index in [1.165, 1.54) is 9.80 Å². The van der Waals surface area contributed by atoms with Crippen LogP contribution in [0.2, 0.25) is 0 Å². The van der Waals surface area contributed by atoms with Crippen molar-refractivity contribution in [2.75, 3.05) is 20.1 Å². The highest BCUT2D eigenvalue weighted by Gasteiger charge is 2.56. The van der Waals surface area contributed by atoms with Crippen molar-refractivity contribution >= 4 is 29.5 Å². The summed E-state index contributed by atoms with van der Waals surface area (Å²) in [4.78, 5) is 65.0. The summed E-state index contributed by atoms with van der Waals surface area (Å²) >= 11 is 0. The first-order valence-corrected chi connectivity index (χ1v) is 10.9. The second-order valence-corrected chi connectivity index (χ2v) is 8.83. The Labute approximate surface area is 196 Å². The number of aliphatic carboxylic acids is 1. The van der Waals surface area contributed by atoms with E-state index < -0.39 is 41.6 Å². The zero-order valence-corrected chi connectivity index (χ0v) is 18.7. The average Bonchev–Trinajstić information content (AvgIpc) is 3.09. The second kappa shape index (κ2) is 9.09. The molecule has 9 heteroatoms. The summed E-state index contributed by atoms with van der Waals surface area (Å²) in [6, 6.07) is 17.4. The van der Waals surface area contributed by atoms with Crippen molar-refractivity contribution in [3.05, 3.63) is 60.2 Å². The molecule has 4 rings (SSSR count). The van der Waals surface area contributed by atoms with Crippen LogP contribution in [0.25, 0.3) is 11.1 Å². The number of amides is 3. The number of carbonyl (C=O) groups excluding carboxylic acids is 4. The van der Waals surface area contributed by atoms with E-state index in [1.807, 2.05) is 54.6 Å². The van der Waals surface area contributed by atoms with E-state index in [-0.39, 0.29) is 31.8 Å². The maximum atomic E-state index is 13.5. The Hall–Kier alpha value is -4.01. The van der Waals surface area contributed by atoms with Gasteiger partial charge < -0.3 is 20.2 Å². The molecule has 2 atom stereocenters. The number of carboxylic acid groups (broad SMARTS) is 1. The normalized spacial score (nSPS) is 22.4. The molecule has 2 aliphatic heterocycles. The topological polar surface area (TPSA) is 124 Å². The predicted octanol–water partition coefficient (Wildman–Crippen LogP) is 1.07. The molecule has 2 unspecified atom stereocenters. The summed E-state index contributed by atoms with van der Waals surface area (Å²) in [5, 5.41) is 11.0. The smallest absolute Gasteiger partial charge is 0.322 e. The number of benzene rings is 2.